The Morgan fingerprint density at radius 2 is 1.90 bits per heavy atom. The van der Waals surface area contributed by atoms with Gasteiger partial charge in [-0.2, -0.15) is 13.2 Å². The molecule has 0 aromatic heterocycles. The van der Waals surface area contributed by atoms with Crippen LogP contribution in [0.5, 0.6) is 11.5 Å². The van der Waals surface area contributed by atoms with Crippen molar-refractivity contribution in [3.8, 4) is 11.5 Å². The molecule has 0 unspecified atom stereocenters. The van der Waals surface area contributed by atoms with Gasteiger partial charge in [0.1, 0.15) is 5.82 Å². The van der Waals surface area contributed by atoms with Gasteiger partial charge >= 0.3 is 6.18 Å². The van der Waals surface area contributed by atoms with Gasteiger partial charge in [-0.05, 0) is 29.8 Å². The number of ether oxygens (including phenoxy) is 2. The normalized spacial score (nSPS) is 11.1. The van der Waals surface area contributed by atoms with Crippen molar-refractivity contribution in [1.82, 2.24) is 5.32 Å². The zero-order valence-corrected chi connectivity index (χ0v) is 15.7. The van der Waals surface area contributed by atoms with Gasteiger partial charge in [0.2, 0.25) is 0 Å². The highest BCUT2D eigenvalue weighted by molar-refractivity contribution is 6.32. The minimum Gasteiger partial charge on any atom is -0.493 e. The Kier molecular flexibility index (Phi) is 6.91. The molecular weight excluding hydrogens is 420 g/mol. The lowest BCUT2D eigenvalue weighted by molar-refractivity contribution is -0.138. The van der Waals surface area contributed by atoms with E-state index in [1.54, 1.807) is 0 Å². The molecule has 0 radical (unpaired) electrons. The van der Waals surface area contributed by atoms with Crippen LogP contribution in [0.2, 0.25) is 5.02 Å². The molecular formula is C18H15ClF4N2O4. The van der Waals surface area contributed by atoms with Gasteiger partial charge in [0, 0.05) is 12.1 Å². The Bertz CT molecular complexity index is 935. The third-order valence-corrected chi connectivity index (χ3v) is 3.95. The number of alkyl halides is 3. The third kappa shape index (κ3) is 5.74. The lowest BCUT2D eigenvalue weighted by atomic mass is 10.1. The number of rotatable bonds is 7. The number of nitrogens with two attached hydrogens (primary N) is 1. The molecule has 0 saturated heterocycles. The molecule has 0 heterocycles. The molecule has 0 fully saturated rings. The first kappa shape index (κ1) is 22.3. The summed E-state index contributed by atoms with van der Waals surface area (Å²) in [6, 6.07) is 4.57. The van der Waals surface area contributed by atoms with Crippen molar-refractivity contribution in [2.45, 2.75) is 12.7 Å². The maximum absolute atomic E-state index is 13.2. The van der Waals surface area contributed by atoms with Gasteiger partial charge in [0.05, 0.1) is 17.7 Å². The van der Waals surface area contributed by atoms with Crippen molar-refractivity contribution >= 4 is 23.4 Å². The van der Waals surface area contributed by atoms with E-state index in [2.05, 4.69) is 5.32 Å². The van der Waals surface area contributed by atoms with Crippen LogP contribution in [0.3, 0.4) is 0 Å². The molecule has 0 saturated carbocycles. The number of primary amides is 1. The minimum atomic E-state index is -4.78. The first-order valence-electron chi connectivity index (χ1n) is 7.95. The summed E-state index contributed by atoms with van der Waals surface area (Å²) in [5.41, 5.74) is 3.45. The number of hydrogen-bond donors (Lipinski definition) is 2. The summed E-state index contributed by atoms with van der Waals surface area (Å²) < 4.78 is 62.5. The fraction of sp³-hybridized carbons (Fsp3) is 0.222. The maximum atomic E-state index is 13.2. The number of amides is 2. The molecule has 0 aliphatic carbocycles. The van der Waals surface area contributed by atoms with E-state index in [0.29, 0.717) is 6.07 Å². The van der Waals surface area contributed by atoms with Crippen molar-refractivity contribution in [1.29, 1.82) is 0 Å². The van der Waals surface area contributed by atoms with E-state index >= 15 is 0 Å². The lowest BCUT2D eigenvalue weighted by Crippen LogP contribution is -2.25. The second-order valence-corrected chi connectivity index (χ2v) is 6.13. The summed E-state index contributed by atoms with van der Waals surface area (Å²) in [5, 5.41) is 2.23. The topological polar surface area (TPSA) is 90.7 Å². The Morgan fingerprint density at radius 3 is 2.48 bits per heavy atom. The van der Waals surface area contributed by atoms with Crippen molar-refractivity contribution < 1.29 is 36.6 Å². The van der Waals surface area contributed by atoms with Crippen LogP contribution < -0.4 is 20.5 Å². The highest BCUT2D eigenvalue weighted by Gasteiger charge is 2.33. The van der Waals surface area contributed by atoms with E-state index in [4.69, 9.17) is 26.8 Å². The molecule has 0 spiro atoms. The van der Waals surface area contributed by atoms with Crippen LogP contribution in [0.15, 0.2) is 30.3 Å². The Labute approximate surface area is 167 Å². The largest absolute Gasteiger partial charge is 0.493 e. The number of halogens is 5. The predicted octanol–water partition coefficient (Wildman–Crippen LogP) is 3.30. The molecule has 0 bridgehead atoms. The highest BCUT2D eigenvalue weighted by Crippen LogP contribution is 2.36. The van der Waals surface area contributed by atoms with Crippen LogP contribution in [0.25, 0.3) is 0 Å². The number of benzene rings is 2. The fourth-order valence-corrected chi connectivity index (χ4v) is 2.64. The second kappa shape index (κ2) is 8.99. The van der Waals surface area contributed by atoms with Crippen LogP contribution in [0, 0.1) is 5.82 Å². The Balaban J connectivity index is 2.22. The Hall–Kier alpha value is -3.01. The molecule has 3 N–H and O–H groups in total. The maximum Gasteiger partial charge on any atom is 0.416 e. The minimum absolute atomic E-state index is 0.0154. The van der Waals surface area contributed by atoms with E-state index in [-0.39, 0.29) is 27.6 Å². The van der Waals surface area contributed by atoms with E-state index in [1.165, 1.54) is 19.2 Å². The molecule has 6 nitrogen and oxygen atoms in total. The average molecular weight is 435 g/mol. The molecule has 11 heteroatoms. The molecule has 0 atom stereocenters. The van der Waals surface area contributed by atoms with Gasteiger partial charge in [0.25, 0.3) is 11.8 Å². The molecule has 2 amide bonds. The summed E-state index contributed by atoms with van der Waals surface area (Å²) in [4.78, 5) is 23.2. The summed E-state index contributed by atoms with van der Waals surface area (Å²) >= 11 is 6.03. The van der Waals surface area contributed by atoms with Crippen LogP contribution >= 0.6 is 11.6 Å². The number of nitrogens with one attached hydrogen (secondary N) is 1. The van der Waals surface area contributed by atoms with E-state index in [9.17, 15) is 27.2 Å². The summed E-state index contributed by atoms with van der Waals surface area (Å²) in [7, 11) is 1.26. The zero-order chi connectivity index (χ0) is 21.8. The highest BCUT2D eigenvalue weighted by atomic mass is 35.5. The van der Waals surface area contributed by atoms with Crippen LogP contribution in [-0.2, 0) is 17.5 Å². The summed E-state index contributed by atoms with van der Waals surface area (Å²) in [6.45, 7) is -0.986. The Morgan fingerprint density at radius 1 is 1.21 bits per heavy atom. The molecule has 0 aliphatic heterocycles. The van der Waals surface area contributed by atoms with Gasteiger partial charge in [-0.25, -0.2) is 4.39 Å². The van der Waals surface area contributed by atoms with Crippen LogP contribution in [-0.4, -0.2) is 25.5 Å². The molecule has 29 heavy (non-hydrogen) atoms. The van der Waals surface area contributed by atoms with Gasteiger partial charge in [0.15, 0.2) is 18.1 Å². The third-order valence-electron chi connectivity index (χ3n) is 3.67. The smallest absolute Gasteiger partial charge is 0.416 e. The molecule has 2 rings (SSSR count). The second-order valence-electron chi connectivity index (χ2n) is 5.73. The van der Waals surface area contributed by atoms with Gasteiger partial charge in [-0.3, -0.25) is 9.59 Å². The molecule has 156 valence electrons. The number of carbonyl (C=O) groups is 2. The van der Waals surface area contributed by atoms with Crippen molar-refractivity contribution in [2.24, 2.45) is 5.73 Å². The summed E-state index contributed by atoms with van der Waals surface area (Å²) in [6.07, 6.45) is -4.78. The van der Waals surface area contributed by atoms with E-state index in [1.807, 2.05) is 0 Å². The van der Waals surface area contributed by atoms with Crippen molar-refractivity contribution in [3.63, 3.8) is 0 Å². The number of methoxy groups -OCH3 is 1. The van der Waals surface area contributed by atoms with Gasteiger partial charge < -0.3 is 20.5 Å². The first-order valence-corrected chi connectivity index (χ1v) is 8.33. The van der Waals surface area contributed by atoms with Crippen molar-refractivity contribution in [3.05, 3.63) is 57.9 Å². The van der Waals surface area contributed by atoms with E-state index in [0.717, 1.165) is 12.1 Å². The van der Waals surface area contributed by atoms with Crippen LogP contribution in [0.4, 0.5) is 17.6 Å². The quantitative estimate of drug-likeness (QED) is 0.654. The fourth-order valence-electron chi connectivity index (χ4n) is 2.38. The molecule has 2 aromatic carbocycles. The van der Waals surface area contributed by atoms with Gasteiger partial charge in [-0.1, -0.05) is 17.7 Å². The summed E-state index contributed by atoms with van der Waals surface area (Å²) in [5.74, 6) is -2.58. The van der Waals surface area contributed by atoms with Gasteiger partial charge in [-0.15, -0.1) is 0 Å². The molecule has 0 aliphatic rings. The lowest BCUT2D eigenvalue weighted by Gasteiger charge is -2.15. The predicted molar refractivity (Wildman–Crippen MR) is 95.3 cm³/mol. The van der Waals surface area contributed by atoms with Crippen molar-refractivity contribution in [2.75, 3.05) is 13.7 Å². The standard InChI is InChI=1S/C18H15ClF4N2O4/c1-28-14-5-10(4-13(19)16(14)29-8-15(24)26)17(27)25-7-9-2-3-11(20)6-12(9)18(21,22)23/h2-6H,7-8H2,1H3,(H2,24,26)(H,25,27). The molecule has 2 aromatic rings. The first-order chi connectivity index (χ1) is 13.5. The number of hydrogen-bond acceptors (Lipinski definition) is 4. The number of carbonyl (C=O) groups excluding carboxylic acids is 2. The monoisotopic (exact) mass is 434 g/mol. The van der Waals surface area contributed by atoms with Crippen LogP contribution in [0.1, 0.15) is 21.5 Å². The SMILES string of the molecule is COc1cc(C(=O)NCc2ccc(F)cc2C(F)(F)F)cc(Cl)c1OCC(N)=O. The zero-order valence-electron chi connectivity index (χ0n) is 14.9. The average Bonchev–Trinajstić information content (AvgIpc) is 2.64. The van der Waals surface area contributed by atoms with E-state index < -0.39 is 42.5 Å².